The molecule has 0 N–H and O–H groups in total. The Morgan fingerprint density at radius 1 is 0.938 bits per heavy atom. The summed E-state index contributed by atoms with van der Waals surface area (Å²) in [6.07, 6.45) is 0. The van der Waals surface area contributed by atoms with Gasteiger partial charge in [0.2, 0.25) is 0 Å². The summed E-state index contributed by atoms with van der Waals surface area (Å²) >= 11 is 0. The van der Waals surface area contributed by atoms with E-state index >= 15 is 0 Å². The summed E-state index contributed by atoms with van der Waals surface area (Å²) < 4.78 is 34.1. The largest absolute Gasteiger partial charge is 0.325 e. The van der Waals surface area contributed by atoms with E-state index in [0.29, 0.717) is 0 Å². The Kier molecular flexibility index (Phi) is 10.1. The highest BCUT2D eigenvalue weighted by Gasteiger charge is 2.16. The molecule has 0 bridgehead atoms. The molecular weight excluding hydrogens is 233 g/mol. The number of rotatable bonds is 6. The number of quaternary nitrogens is 1. The highest BCUT2D eigenvalue weighted by Crippen LogP contribution is 2.03. The zero-order valence-electron chi connectivity index (χ0n) is 11.0. The summed E-state index contributed by atoms with van der Waals surface area (Å²) in [4.78, 5) is 0. The van der Waals surface area contributed by atoms with Gasteiger partial charge in [-0.25, -0.2) is 0 Å². The van der Waals surface area contributed by atoms with Gasteiger partial charge >= 0.3 is 0 Å². The van der Waals surface area contributed by atoms with Gasteiger partial charge in [0.25, 0.3) is 10.1 Å². The molecule has 16 heavy (non-hydrogen) atoms. The van der Waals surface area contributed by atoms with Crippen molar-refractivity contribution in [3.8, 4) is 0 Å². The lowest BCUT2D eigenvalue weighted by Gasteiger charge is -2.34. The first-order valence-electron chi connectivity index (χ1n) is 5.74. The van der Waals surface area contributed by atoms with Crippen LogP contribution in [0, 0.1) is 0 Å². The molecule has 6 heteroatoms. The fourth-order valence-corrected chi connectivity index (χ4v) is 1.48. The van der Waals surface area contributed by atoms with Crippen LogP contribution >= 0.6 is 0 Å². The first kappa shape index (κ1) is 18.2. The van der Waals surface area contributed by atoms with Crippen LogP contribution in [0.15, 0.2) is 0 Å². The van der Waals surface area contributed by atoms with Gasteiger partial charge in [-0.1, -0.05) is 4.39 Å². The zero-order chi connectivity index (χ0) is 13.2. The van der Waals surface area contributed by atoms with E-state index in [1.54, 1.807) is 0 Å². The molecule has 0 aromatic carbocycles. The van der Waals surface area contributed by atoms with E-state index in [9.17, 15) is 12.9 Å². The van der Waals surface area contributed by atoms with Crippen molar-refractivity contribution < 1.29 is 21.8 Å². The van der Waals surface area contributed by atoms with Gasteiger partial charge in [0.15, 0.2) is 0 Å². The summed E-state index contributed by atoms with van der Waals surface area (Å²) in [5.74, 6) is -0.330. The van der Waals surface area contributed by atoms with Crippen LogP contribution in [0.2, 0.25) is 0 Å². The molecule has 0 unspecified atom stereocenters. The third-order valence-corrected chi connectivity index (χ3v) is 4.03. The van der Waals surface area contributed by atoms with Crippen molar-refractivity contribution in [2.75, 3.05) is 31.9 Å². The summed E-state index contributed by atoms with van der Waals surface area (Å²) in [6, 6.07) is 0. The summed E-state index contributed by atoms with van der Waals surface area (Å²) in [5, 5.41) is 0. The second kappa shape index (κ2) is 8.90. The molecule has 0 saturated heterocycles. The fourth-order valence-electron chi connectivity index (χ4n) is 1.39. The quantitative estimate of drug-likeness (QED) is 0.685. The fraction of sp³-hybridized carbons (Fsp3) is 1.00. The number of hydrogen-bond acceptors (Lipinski definition) is 3. The molecule has 0 saturated carbocycles. The molecule has 0 heterocycles. The SMILES string of the molecule is CCS(=O)(=O)OF.CC[N+](CC)(CC)CC. The molecule has 0 amide bonds. The van der Waals surface area contributed by atoms with Crippen molar-refractivity contribution in [3.63, 3.8) is 0 Å². The molecule has 0 rings (SSSR count). The van der Waals surface area contributed by atoms with Crippen LogP contribution < -0.4 is 0 Å². The minimum absolute atomic E-state index is 0.330. The van der Waals surface area contributed by atoms with Gasteiger partial charge < -0.3 is 4.48 Å². The molecule has 0 aliphatic carbocycles. The van der Waals surface area contributed by atoms with Crippen molar-refractivity contribution in [1.82, 2.24) is 0 Å². The van der Waals surface area contributed by atoms with E-state index in [1.807, 2.05) is 0 Å². The third kappa shape index (κ3) is 7.14. The zero-order valence-corrected chi connectivity index (χ0v) is 11.8. The summed E-state index contributed by atoms with van der Waals surface area (Å²) in [6.45, 7) is 15.5. The van der Waals surface area contributed by atoms with Crippen molar-refractivity contribution in [2.45, 2.75) is 34.6 Å². The lowest BCUT2D eigenvalue weighted by atomic mass is 10.3. The van der Waals surface area contributed by atoms with Crippen LogP contribution in [-0.4, -0.2) is 44.8 Å². The van der Waals surface area contributed by atoms with E-state index in [-0.39, 0.29) is 5.75 Å². The van der Waals surface area contributed by atoms with Crippen LogP contribution in [0.1, 0.15) is 34.6 Å². The van der Waals surface area contributed by atoms with Gasteiger partial charge in [-0.05, 0) is 39.1 Å². The number of halogens is 1. The van der Waals surface area contributed by atoms with Crippen LogP contribution in [-0.2, 0) is 14.5 Å². The number of hydrogen-bond donors (Lipinski definition) is 0. The highest BCUT2D eigenvalue weighted by atomic mass is 32.2. The molecule has 0 aliphatic heterocycles. The van der Waals surface area contributed by atoms with E-state index in [0.717, 1.165) is 0 Å². The molecule has 4 nitrogen and oxygen atoms in total. The Balaban J connectivity index is 0. The smallest absolute Gasteiger partial charge is 0.297 e. The maximum atomic E-state index is 10.7. The summed E-state index contributed by atoms with van der Waals surface area (Å²) in [7, 11) is -3.82. The van der Waals surface area contributed by atoms with E-state index in [2.05, 4.69) is 32.1 Å². The van der Waals surface area contributed by atoms with Crippen molar-refractivity contribution in [2.24, 2.45) is 0 Å². The lowest BCUT2D eigenvalue weighted by Crippen LogP contribution is -2.47. The van der Waals surface area contributed by atoms with Crippen LogP contribution in [0.4, 0.5) is 4.53 Å². The monoisotopic (exact) mass is 258 g/mol. The van der Waals surface area contributed by atoms with Crippen molar-refractivity contribution in [1.29, 1.82) is 0 Å². The Labute approximate surface area is 99.0 Å². The standard InChI is InChI=1S/C8H20N.C2H5FO3S/c1-5-9(6-2,7-3)8-4;1-2-7(4,5)6-3/h5-8H2,1-4H3;2H2,1H3/q+1;. The average Bonchev–Trinajstić information content (AvgIpc) is 2.34. The molecule has 0 radical (unpaired) electrons. The predicted molar refractivity (Wildman–Crippen MR) is 64.1 cm³/mol. The van der Waals surface area contributed by atoms with Crippen LogP contribution in [0.5, 0.6) is 0 Å². The second-order valence-corrected chi connectivity index (χ2v) is 5.33. The highest BCUT2D eigenvalue weighted by molar-refractivity contribution is 7.86. The second-order valence-electron chi connectivity index (χ2n) is 3.52. The minimum Gasteiger partial charge on any atom is -0.325 e. The minimum atomic E-state index is -3.82. The average molecular weight is 258 g/mol. The van der Waals surface area contributed by atoms with Crippen LogP contribution in [0.25, 0.3) is 0 Å². The first-order chi connectivity index (χ1) is 7.36. The van der Waals surface area contributed by atoms with Gasteiger partial charge in [0, 0.05) is 0 Å². The van der Waals surface area contributed by atoms with E-state index in [1.165, 1.54) is 37.6 Å². The molecular formula is C10H25FNO3S+. The Bertz CT molecular complexity index is 223. The maximum absolute atomic E-state index is 10.7. The van der Waals surface area contributed by atoms with Crippen LogP contribution in [0.3, 0.4) is 0 Å². The van der Waals surface area contributed by atoms with E-state index < -0.39 is 10.1 Å². The third-order valence-electron chi connectivity index (χ3n) is 3.13. The first-order valence-corrected chi connectivity index (χ1v) is 7.32. The van der Waals surface area contributed by atoms with E-state index in [4.69, 9.17) is 0 Å². The Morgan fingerprint density at radius 2 is 1.25 bits per heavy atom. The molecule has 0 aromatic heterocycles. The predicted octanol–water partition coefficient (Wildman–Crippen LogP) is 2.12. The Hall–Kier alpha value is -0.200. The number of nitrogens with zero attached hydrogens (tertiary/aromatic N) is 1. The van der Waals surface area contributed by atoms with Gasteiger partial charge in [0.1, 0.15) is 0 Å². The molecule has 0 fully saturated rings. The molecule has 0 aliphatic rings. The lowest BCUT2D eigenvalue weighted by molar-refractivity contribution is -0.921. The maximum Gasteiger partial charge on any atom is 0.297 e. The van der Waals surface area contributed by atoms with Gasteiger partial charge in [-0.15, -0.1) is 0 Å². The van der Waals surface area contributed by atoms with Gasteiger partial charge in [0.05, 0.1) is 31.9 Å². The van der Waals surface area contributed by atoms with Crippen molar-refractivity contribution >= 4 is 10.1 Å². The molecule has 100 valence electrons. The molecule has 0 aromatic rings. The normalized spacial score (nSPS) is 11.9. The topological polar surface area (TPSA) is 43.4 Å². The summed E-state index contributed by atoms with van der Waals surface area (Å²) in [5.41, 5.74) is 0. The Morgan fingerprint density at radius 3 is 1.25 bits per heavy atom. The van der Waals surface area contributed by atoms with Gasteiger partial charge in [-0.2, -0.15) is 8.42 Å². The van der Waals surface area contributed by atoms with Gasteiger partial charge in [-0.3, -0.25) is 0 Å². The van der Waals surface area contributed by atoms with Crippen molar-refractivity contribution in [3.05, 3.63) is 0 Å². The molecule has 0 spiro atoms. The molecule has 0 atom stereocenters.